The highest BCUT2D eigenvalue weighted by Gasteiger charge is 2.39. The van der Waals surface area contributed by atoms with Gasteiger partial charge in [0.1, 0.15) is 0 Å². The summed E-state index contributed by atoms with van der Waals surface area (Å²) in [6, 6.07) is 8.99. The first-order chi connectivity index (χ1) is 9.70. The molecule has 20 heavy (non-hydrogen) atoms. The van der Waals surface area contributed by atoms with Gasteiger partial charge in [-0.05, 0) is 50.2 Å². The molecule has 2 nitrogen and oxygen atoms in total. The second-order valence-electron chi connectivity index (χ2n) is 6.26. The van der Waals surface area contributed by atoms with Gasteiger partial charge in [0.05, 0.1) is 0 Å². The highest BCUT2D eigenvalue weighted by molar-refractivity contribution is 7.99. The Morgan fingerprint density at radius 1 is 1.25 bits per heavy atom. The standard InChI is InChI=1S/C17H23NOS/c1-12-2-6-15(7-3-12)20-9-8-17(19)18-16-11-13-4-5-14(16)10-13/h2-3,6-7,13-14,16H,4-5,8-11H2,1H3,(H,18,19)/t13-,14-,16-/m0/s1. The molecule has 3 atom stereocenters. The third-order valence-corrected chi connectivity index (χ3v) is 5.72. The van der Waals surface area contributed by atoms with Crippen LogP contribution in [-0.4, -0.2) is 17.7 Å². The molecular weight excluding hydrogens is 266 g/mol. The van der Waals surface area contributed by atoms with Crippen LogP contribution in [0.15, 0.2) is 29.2 Å². The van der Waals surface area contributed by atoms with E-state index in [0.717, 1.165) is 17.6 Å². The minimum absolute atomic E-state index is 0.238. The van der Waals surface area contributed by atoms with Crippen LogP contribution in [0.5, 0.6) is 0 Å². The van der Waals surface area contributed by atoms with Crippen molar-refractivity contribution in [2.45, 2.75) is 50.0 Å². The first-order valence-electron chi connectivity index (χ1n) is 7.69. The summed E-state index contributed by atoms with van der Waals surface area (Å²) in [4.78, 5) is 13.2. The van der Waals surface area contributed by atoms with E-state index in [-0.39, 0.29) is 5.91 Å². The fraction of sp³-hybridized carbons (Fsp3) is 0.588. The molecule has 1 aromatic rings. The lowest BCUT2D eigenvalue weighted by atomic mass is 9.95. The second-order valence-corrected chi connectivity index (χ2v) is 7.43. The zero-order chi connectivity index (χ0) is 13.9. The van der Waals surface area contributed by atoms with Crippen molar-refractivity contribution in [2.75, 3.05) is 5.75 Å². The number of thioether (sulfide) groups is 1. The van der Waals surface area contributed by atoms with Gasteiger partial charge >= 0.3 is 0 Å². The van der Waals surface area contributed by atoms with Gasteiger partial charge in [0.25, 0.3) is 0 Å². The summed E-state index contributed by atoms with van der Waals surface area (Å²) in [5, 5.41) is 3.25. The number of carbonyl (C=O) groups excluding carboxylic acids is 1. The molecule has 0 unspecified atom stereocenters. The van der Waals surface area contributed by atoms with Crippen LogP contribution >= 0.6 is 11.8 Å². The highest BCUT2D eigenvalue weighted by atomic mass is 32.2. The molecule has 108 valence electrons. The van der Waals surface area contributed by atoms with Crippen molar-refractivity contribution in [3.63, 3.8) is 0 Å². The topological polar surface area (TPSA) is 29.1 Å². The maximum Gasteiger partial charge on any atom is 0.221 e. The number of fused-ring (bicyclic) bond motifs is 2. The quantitative estimate of drug-likeness (QED) is 0.836. The summed E-state index contributed by atoms with van der Waals surface area (Å²) in [6.45, 7) is 2.09. The fourth-order valence-electron chi connectivity index (χ4n) is 3.60. The molecule has 2 bridgehead atoms. The molecule has 0 heterocycles. The van der Waals surface area contributed by atoms with E-state index in [1.807, 2.05) is 0 Å². The molecule has 1 N–H and O–H groups in total. The molecule has 0 radical (unpaired) electrons. The minimum atomic E-state index is 0.238. The number of benzene rings is 1. The van der Waals surface area contributed by atoms with Gasteiger partial charge in [-0.15, -0.1) is 11.8 Å². The molecule has 2 aliphatic rings. The van der Waals surface area contributed by atoms with Crippen molar-refractivity contribution in [1.82, 2.24) is 5.32 Å². The summed E-state index contributed by atoms with van der Waals surface area (Å²) >= 11 is 1.77. The molecular formula is C17H23NOS. The van der Waals surface area contributed by atoms with E-state index in [0.29, 0.717) is 12.5 Å². The molecule has 0 aliphatic heterocycles. The van der Waals surface area contributed by atoms with E-state index in [1.165, 1.54) is 36.1 Å². The van der Waals surface area contributed by atoms with Gasteiger partial charge in [-0.2, -0.15) is 0 Å². The summed E-state index contributed by atoms with van der Waals surface area (Å²) < 4.78 is 0. The van der Waals surface area contributed by atoms with E-state index in [9.17, 15) is 4.79 Å². The number of aryl methyl sites for hydroxylation is 1. The first-order valence-corrected chi connectivity index (χ1v) is 8.68. The Hall–Kier alpha value is -0.960. The Labute approximate surface area is 125 Å². The lowest BCUT2D eigenvalue weighted by Gasteiger charge is -2.22. The average Bonchev–Trinajstić information content (AvgIpc) is 3.03. The predicted octanol–water partition coefficient (Wildman–Crippen LogP) is 3.78. The lowest BCUT2D eigenvalue weighted by Crippen LogP contribution is -2.38. The van der Waals surface area contributed by atoms with Crippen molar-refractivity contribution in [3.8, 4) is 0 Å². The number of hydrogen-bond acceptors (Lipinski definition) is 2. The van der Waals surface area contributed by atoms with Crippen LogP contribution in [0.25, 0.3) is 0 Å². The number of nitrogens with one attached hydrogen (secondary N) is 1. The first kappa shape index (κ1) is 14.0. The summed E-state index contributed by atoms with van der Waals surface area (Å²) in [5.41, 5.74) is 1.28. The largest absolute Gasteiger partial charge is 0.353 e. The molecule has 0 spiro atoms. The van der Waals surface area contributed by atoms with E-state index in [4.69, 9.17) is 0 Å². The maximum atomic E-state index is 12.0. The van der Waals surface area contributed by atoms with Gasteiger partial charge in [0, 0.05) is 23.1 Å². The molecule has 2 aliphatic carbocycles. The zero-order valence-corrected chi connectivity index (χ0v) is 12.9. The van der Waals surface area contributed by atoms with Gasteiger partial charge in [0.2, 0.25) is 5.91 Å². The summed E-state index contributed by atoms with van der Waals surface area (Å²) in [7, 11) is 0. The van der Waals surface area contributed by atoms with Crippen LogP contribution in [0.4, 0.5) is 0 Å². The van der Waals surface area contributed by atoms with Crippen LogP contribution in [0, 0.1) is 18.8 Å². The second kappa shape index (κ2) is 6.21. The molecule has 1 amide bonds. The third-order valence-electron chi connectivity index (χ3n) is 4.70. The molecule has 2 saturated carbocycles. The van der Waals surface area contributed by atoms with E-state index < -0.39 is 0 Å². The van der Waals surface area contributed by atoms with Crippen molar-refractivity contribution in [2.24, 2.45) is 11.8 Å². The van der Waals surface area contributed by atoms with Crippen molar-refractivity contribution < 1.29 is 4.79 Å². The molecule has 2 fully saturated rings. The average molecular weight is 289 g/mol. The van der Waals surface area contributed by atoms with Crippen LogP contribution in [0.2, 0.25) is 0 Å². The smallest absolute Gasteiger partial charge is 0.221 e. The van der Waals surface area contributed by atoms with Crippen LogP contribution < -0.4 is 5.32 Å². The maximum absolute atomic E-state index is 12.0. The molecule has 3 heteroatoms. The van der Waals surface area contributed by atoms with Crippen LogP contribution in [0.3, 0.4) is 0 Å². The monoisotopic (exact) mass is 289 g/mol. The normalized spacial score (nSPS) is 27.8. The Bertz CT molecular complexity index is 470. The van der Waals surface area contributed by atoms with Crippen molar-refractivity contribution in [3.05, 3.63) is 29.8 Å². The fourth-order valence-corrected chi connectivity index (χ4v) is 4.45. The van der Waals surface area contributed by atoms with Gasteiger partial charge < -0.3 is 5.32 Å². The SMILES string of the molecule is Cc1ccc(SCCC(=O)N[C@H]2C[C@H]3CC[C@H]2C3)cc1. The van der Waals surface area contributed by atoms with Gasteiger partial charge in [-0.1, -0.05) is 24.1 Å². The van der Waals surface area contributed by atoms with Crippen molar-refractivity contribution in [1.29, 1.82) is 0 Å². The highest BCUT2D eigenvalue weighted by Crippen LogP contribution is 2.44. The van der Waals surface area contributed by atoms with E-state index >= 15 is 0 Å². The summed E-state index contributed by atoms with van der Waals surface area (Å²) in [6.07, 6.45) is 5.92. The Kier molecular flexibility index (Phi) is 4.35. The van der Waals surface area contributed by atoms with E-state index in [2.05, 4.69) is 36.5 Å². The minimum Gasteiger partial charge on any atom is -0.353 e. The van der Waals surface area contributed by atoms with Crippen LogP contribution in [-0.2, 0) is 4.79 Å². The number of carbonyl (C=O) groups is 1. The zero-order valence-electron chi connectivity index (χ0n) is 12.1. The van der Waals surface area contributed by atoms with E-state index in [1.54, 1.807) is 11.8 Å². The molecule has 3 rings (SSSR count). The number of amides is 1. The Morgan fingerprint density at radius 3 is 2.70 bits per heavy atom. The van der Waals surface area contributed by atoms with Crippen LogP contribution in [0.1, 0.15) is 37.7 Å². The Morgan fingerprint density at radius 2 is 2.05 bits per heavy atom. The Balaban J connectivity index is 1.38. The molecule has 0 aromatic heterocycles. The van der Waals surface area contributed by atoms with Crippen molar-refractivity contribution >= 4 is 17.7 Å². The molecule has 0 saturated heterocycles. The number of rotatable bonds is 5. The number of hydrogen-bond donors (Lipinski definition) is 1. The predicted molar refractivity (Wildman–Crippen MR) is 83.9 cm³/mol. The van der Waals surface area contributed by atoms with Gasteiger partial charge in [-0.25, -0.2) is 0 Å². The third kappa shape index (κ3) is 3.38. The lowest BCUT2D eigenvalue weighted by molar-refractivity contribution is -0.121. The van der Waals surface area contributed by atoms with Gasteiger partial charge in [-0.3, -0.25) is 4.79 Å². The van der Waals surface area contributed by atoms with Gasteiger partial charge in [0.15, 0.2) is 0 Å². The molecule has 1 aromatic carbocycles. The summed E-state index contributed by atoms with van der Waals surface area (Å²) in [5.74, 6) is 2.78.